The van der Waals surface area contributed by atoms with Crippen LogP contribution < -0.4 is 5.32 Å². The number of nitrogens with one attached hydrogen (secondary N) is 1. The van der Waals surface area contributed by atoms with Gasteiger partial charge in [0.25, 0.3) is 0 Å². The lowest BCUT2D eigenvalue weighted by Crippen LogP contribution is -2.11. The number of rotatable bonds is 3. The van der Waals surface area contributed by atoms with Crippen LogP contribution >= 0.6 is 15.9 Å². The van der Waals surface area contributed by atoms with Crippen LogP contribution in [0, 0.1) is 6.92 Å². The van der Waals surface area contributed by atoms with Crippen LogP contribution in [0.15, 0.2) is 16.7 Å². The summed E-state index contributed by atoms with van der Waals surface area (Å²) in [6.07, 6.45) is 2.87. The van der Waals surface area contributed by atoms with E-state index < -0.39 is 0 Å². The lowest BCUT2D eigenvalue weighted by molar-refractivity contribution is 0.784. The molecule has 12 heavy (non-hydrogen) atoms. The molecule has 66 valence electrons. The van der Waals surface area contributed by atoms with E-state index in [-0.39, 0.29) is 0 Å². The fourth-order valence-corrected chi connectivity index (χ4v) is 1.44. The number of hydrogen-bond donors (Lipinski definition) is 1. The summed E-state index contributed by atoms with van der Waals surface area (Å²) in [5.41, 5.74) is 2.42. The fraction of sp³-hybridized carbons (Fsp3) is 0.444. The molecule has 0 unspecified atom stereocenters. The first-order chi connectivity index (χ1) is 5.74. The molecule has 0 aliphatic carbocycles. The Kier molecular flexibility index (Phi) is 3.69. The molecule has 0 spiro atoms. The minimum absolute atomic E-state index is 0.999. The van der Waals surface area contributed by atoms with Crippen molar-refractivity contribution in [2.24, 2.45) is 0 Å². The number of pyridine rings is 1. The lowest BCUT2D eigenvalue weighted by Gasteiger charge is -2.04. The molecule has 0 bridgehead atoms. The molecule has 1 N–H and O–H groups in total. The van der Waals surface area contributed by atoms with Gasteiger partial charge in [0.2, 0.25) is 0 Å². The highest BCUT2D eigenvalue weighted by Gasteiger charge is 1.99. The van der Waals surface area contributed by atoms with Crippen LogP contribution in [0.2, 0.25) is 0 Å². The van der Waals surface area contributed by atoms with Gasteiger partial charge in [0.1, 0.15) is 0 Å². The van der Waals surface area contributed by atoms with E-state index in [4.69, 9.17) is 0 Å². The highest BCUT2D eigenvalue weighted by Crippen LogP contribution is 2.13. The van der Waals surface area contributed by atoms with Gasteiger partial charge in [-0.3, -0.25) is 4.98 Å². The minimum atomic E-state index is 0.999. The van der Waals surface area contributed by atoms with Crippen molar-refractivity contribution in [3.05, 3.63) is 28.0 Å². The average Bonchev–Trinajstić information content (AvgIpc) is 2.07. The molecule has 0 amide bonds. The predicted molar refractivity (Wildman–Crippen MR) is 54.3 cm³/mol. The quantitative estimate of drug-likeness (QED) is 0.856. The van der Waals surface area contributed by atoms with Gasteiger partial charge in [-0.1, -0.05) is 0 Å². The normalized spacial score (nSPS) is 10.2. The number of likely N-dealkylation sites (N-methyl/N-ethyl adjacent to an activating group) is 1. The second-order valence-corrected chi connectivity index (χ2v) is 3.67. The van der Waals surface area contributed by atoms with Crippen LogP contribution in [0.25, 0.3) is 0 Å². The van der Waals surface area contributed by atoms with Gasteiger partial charge in [-0.15, -0.1) is 0 Å². The van der Waals surface area contributed by atoms with Crippen molar-refractivity contribution < 1.29 is 0 Å². The van der Waals surface area contributed by atoms with E-state index in [1.807, 2.05) is 20.2 Å². The van der Waals surface area contributed by atoms with Gasteiger partial charge in [-0.25, -0.2) is 0 Å². The van der Waals surface area contributed by atoms with Crippen molar-refractivity contribution >= 4 is 15.9 Å². The monoisotopic (exact) mass is 228 g/mol. The Morgan fingerprint density at radius 1 is 1.58 bits per heavy atom. The number of nitrogens with zero attached hydrogens (tertiary/aromatic N) is 1. The topological polar surface area (TPSA) is 24.9 Å². The van der Waals surface area contributed by atoms with Gasteiger partial charge in [-0.05, 0) is 54.5 Å². The number of aryl methyl sites for hydroxylation is 1. The van der Waals surface area contributed by atoms with Gasteiger partial charge in [0.05, 0.1) is 0 Å². The number of aromatic nitrogens is 1. The minimum Gasteiger partial charge on any atom is -0.319 e. The van der Waals surface area contributed by atoms with E-state index in [9.17, 15) is 0 Å². The van der Waals surface area contributed by atoms with Crippen molar-refractivity contribution in [3.63, 3.8) is 0 Å². The largest absolute Gasteiger partial charge is 0.319 e. The van der Waals surface area contributed by atoms with E-state index in [1.165, 1.54) is 5.56 Å². The van der Waals surface area contributed by atoms with Crippen molar-refractivity contribution in [2.75, 3.05) is 13.6 Å². The zero-order chi connectivity index (χ0) is 8.97. The highest BCUT2D eigenvalue weighted by atomic mass is 79.9. The van der Waals surface area contributed by atoms with E-state index >= 15 is 0 Å². The molecule has 0 aliphatic heterocycles. The summed E-state index contributed by atoms with van der Waals surface area (Å²) >= 11 is 3.41. The molecule has 1 aromatic rings. The molecule has 0 saturated heterocycles. The Labute approximate surface area is 81.5 Å². The van der Waals surface area contributed by atoms with Gasteiger partial charge in [0.15, 0.2) is 0 Å². The maximum Gasteiger partial charge on any atom is 0.0413 e. The SMILES string of the molecule is CNCCc1cc(Br)cnc1C. The lowest BCUT2D eigenvalue weighted by atomic mass is 10.1. The summed E-state index contributed by atoms with van der Waals surface area (Å²) in [6.45, 7) is 3.04. The zero-order valence-corrected chi connectivity index (χ0v) is 8.98. The van der Waals surface area contributed by atoms with Gasteiger partial charge >= 0.3 is 0 Å². The molecule has 0 aromatic carbocycles. The molecule has 3 heteroatoms. The van der Waals surface area contributed by atoms with E-state index in [0.29, 0.717) is 0 Å². The summed E-state index contributed by atoms with van der Waals surface area (Å²) < 4.78 is 1.05. The first-order valence-electron chi connectivity index (χ1n) is 3.99. The molecule has 0 fully saturated rings. The van der Waals surface area contributed by atoms with Crippen molar-refractivity contribution in [3.8, 4) is 0 Å². The maximum absolute atomic E-state index is 4.26. The molecular formula is C9H13BrN2. The van der Waals surface area contributed by atoms with Crippen LogP contribution in [0.4, 0.5) is 0 Å². The second-order valence-electron chi connectivity index (χ2n) is 2.75. The molecule has 0 radical (unpaired) electrons. The molecule has 0 aliphatic rings. The molecule has 2 nitrogen and oxygen atoms in total. The molecule has 1 rings (SSSR count). The Morgan fingerprint density at radius 3 is 3.00 bits per heavy atom. The van der Waals surface area contributed by atoms with Crippen LogP contribution in [0.1, 0.15) is 11.3 Å². The third kappa shape index (κ3) is 2.57. The Balaban J connectivity index is 2.75. The van der Waals surface area contributed by atoms with Gasteiger partial charge in [0, 0.05) is 16.4 Å². The first-order valence-corrected chi connectivity index (χ1v) is 4.79. The first kappa shape index (κ1) is 9.68. The van der Waals surface area contributed by atoms with E-state index in [0.717, 1.165) is 23.1 Å². The van der Waals surface area contributed by atoms with E-state index in [1.54, 1.807) is 0 Å². The van der Waals surface area contributed by atoms with Crippen molar-refractivity contribution in [2.45, 2.75) is 13.3 Å². The Hall–Kier alpha value is -0.410. The van der Waals surface area contributed by atoms with Gasteiger partial charge < -0.3 is 5.32 Å². The van der Waals surface area contributed by atoms with Crippen LogP contribution in [0.3, 0.4) is 0 Å². The maximum atomic E-state index is 4.26. The van der Waals surface area contributed by atoms with Crippen molar-refractivity contribution in [1.29, 1.82) is 0 Å². The highest BCUT2D eigenvalue weighted by molar-refractivity contribution is 9.10. The summed E-state index contributed by atoms with van der Waals surface area (Å²) in [4.78, 5) is 4.26. The third-order valence-electron chi connectivity index (χ3n) is 1.80. The predicted octanol–water partition coefficient (Wildman–Crippen LogP) is 1.91. The summed E-state index contributed by atoms with van der Waals surface area (Å²) in [7, 11) is 1.96. The fourth-order valence-electron chi connectivity index (χ4n) is 1.06. The van der Waals surface area contributed by atoms with Gasteiger partial charge in [-0.2, -0.15) is 0 Å². The molecule has 0 atom stereocenters. The Bertz CT molecular complexity index is 261. The summed E-state index contributed by atoms with van der Waals surface area (Å²) in [5.74, 6) is 0. The smallest absolute Gasteiger partial charge is 0.0413 e. The van der Waals surface area contributed by atoms with E-state index in [2.05, 4.69) is 32.3 Å². The summed E-state index contributed by atoms with van der Waals surface area (Å²) in [5, 5.41) is 3.12. The second kappa shape index (κ2) is 4.58. The number of halogens is 1. The summed E-state index contributed by atoms with van der Waals surface area (Å²) in [6, 6.07) is 2.12. The van der Waals surface area contributed by atoms with Crippen LogP contribution in [0.5, 0.6) is 0 Å². The molecular weight excluding hydrogens is 216 g/mol. The Morgan fingerprint density at radius 2 is 2.33 bits per heavy atom. The van der Waals surface area contributed by atoms with Crippen LogP contribution in [-0.2, 0) is 6.42 Å². The van der Waals surface area contributed by atoms with Crippen LogP contribution in [-0.4, -0.2) is 18.6 Å². The molecule has 1 heterocycles. The standard InChI is InChI=1S/C9H13BrN2/c1-7-8(3-4-11-2)5-9(10)6-12-7/h5-6,11H,3-4H2,1-2H3. The number of hydrogen-bond acceptors (Lipinski definition) is 2. The van der Waals surface area contributed by atoms with Crippen molar-refractivity contribution in [1.82, 2.24) is 10.3 Å². The average molecular weight is 229 g/mol. The zero-order valence-electron chi connectivity index (χ0n) is 7.39. The molecule has 0 saturated carbocycles. The third-order valence-corrected chi connectivity index (χ3v) is 2.24. The molecule has 1 aromatic heterocycles.